The monoisotopic (exact) mass is 418 g/mol. The van der Waals surface area contributed by atoms with Gasteiger partial charge in [-0.1, -0.05) is 36.4 Å². The van der Waals surface area contributed by atoms with Crippen LogP contribution in [0, 0.1) is 0 Å². The number of furan rings is 1. The molecule has 1 unspecified atom stereocenters. The molecule has 6 nitrogen and oxygen atoms in total. The second-order valence-electron chi connectivity index (χ2n) is 7.53. The number of para-hydroxylation sites is 2. The van der Waals surface area contributed by atoms with Crippen LogP contribution in [0.4, 0.5) is 5.69 Å². The van der Waals surface area contributed by atoms with Crippen LogP contribution in [0.25, 0.3) is 21.9 Å². The van der Waals surface area contributed by atoms with E-state index in [1.807, 2.05) is 79.5 Å². The van der Waals surface area contributed by atoms with E-state index in [9.17, 15) is 4.79 Å². The van der Waals surface area contributed by atoms with E-state index >= 15 is 0 Å². The van der Waals surface area contributed by atoms with Gasteiger partial charge >= 0.3 is 0 Å². The van der Waals surface area contributed by atoms with Gasteiger partial charge in [0.25, 0.3) is 0 Å². The lowest BCUT2D eigenvalue weighted by molar-refractivity contribution is -0.117. The van der Waals surface area contributed by atoms with E-state index in [0.29, 0.717) is 17.0 Å². The fraction of sp³-hybridized carbons (Fsp3) is 0.240. The van der Waals surface area contributed by atoms with E-state index in [2.05, 4.69) is 5.32 Å². The number of carbonyl (C=O) groups excluding carboxylic acids is 1. The van der Waals surface area contributed by atoms with E-state index in [1.54, 1.807) is 14.2 Å². The minimum Gasteiger partial charge on any atom is -0.496 e. The highest BCUT2D eigenvalue weighted by molar-refractivity contribution is 6.07. The Hall–Kier alpha value is -3.51. The van der Waals surface area contributed by atoms with Crippen LogP contribution in [-0.4, -0.2) is 38.6 Å². The van der Waals surface area contributed by atoms with Crippen molar-refractivity contribution in [3.63, 3.8) is 0 Å². The molecular formula is C25H26N2O4. The van der Waals surface area contributed by atoms with Gasteiger partial charge in [0.2, 0.25) is 5.91 Å². The first-order valence-corrected chi connectivity index (χ1v) is 10.1. The molecular weight excluding hydrogens is 392 g/mol. The number of carbonyl (C=O) groups is 1. The van der Waals surface area contributed by atoms with Gasteiger partial charge in [0.05, 0.1) is 26.5 Å². The topological polar surface area (TPSA) is 63.9 Å². The fourth-order valence-corrected chi connectivity index (χ4v) is 3.82. The van der Waals surface area contributed by atoms with Crippen molar-refractivity contribution in [2.75, 3.05) is 33.1 Å². The molecule has 1 amide bonds. The largest absolute Gasteiger partial charge is 0.496 e. The first-order valence-electron chi connectivity index (χ1n) is 10.1. The normalized spacial score (nSPS) is 12.3. The summed E-state index contributed by atoms with van der Waals surface area (Å²) in [7, 11) is 5.16. The van der Waals surface area contributed by atoms with Crippen molar-refractivity contribution in [3.8, 4) is 11.5 Å². The van der Waals surface area contributed by atoms with Crippen molar-refractivity contribution in [2.45, 2.75) is 13.0 Å². The first-order chi connectivity index (χ1) is 15.0. The highest BCUT2D eigenvalue weighted by Gasteiger charge is 2.19. The smallest absolute Gasteiger partial charge is 0.238 e. The zero-order valence-corrected chi connectivity index (χ0v) is 18.1. The number of hydrogen-bond acceptors (Lipinski definition) is 5. The fourth-order valence-electron chi connectivity index (χ4n) is 3.82. The Morgan fingerprint density at radius 1 is 0.968 bits per heavy atom. The maximum atomic E-state index is 12.8. The molecule has 6 heteroatoms. The number of fused-ring (bicyclic) bond motifs is 3. The summed E-state index contributed by atoms with van der Waals surface area (Å²) in [6.07, 6.45) is 0. The number of amides is 1. The number of nitrogens with zero attached hydrogens (tertiary/aromatic N) is 1. The van der Waals surface area contributed by atoms with Crippen LogP contribution in [-0.2, 0) is 4.79 Å². The SMILES string of the molecule is COc1cc2c(cc1NC(=O)CN(C)C(C)c1ccccc1OC)oc1ccccc12. The molecule has 0 fully saturated rings. The lowest BCUT2D eigenvalue weighted by atomic mass is 10.1. The second kappa shape index (κ2) is 8.70. The quantitative estimate of drug-likeness (QED) is 0.445. The molecule has 1 N–H and O–H groups in total. The number of ether oxygens (including phenoxy) is 2. The molecule has 0 aliphatic carbocycles. The van der Waals surface area contributed by atoms with Gasteiger partial charge in [-0.25, -0.2) is 0 Å². The Bertz CT molecular complexity index is 1230. The molecule has 3 aromatic carbocycles. The Morgan fingerprint density at radius 2 is 1.68 bits per heavy atom. The van der Waals surface area contributed by atoms with E-state index < -0.39 is 0 Å². The summed E-state index contributed by atoms with van der Waals surface area (Å²) in [6, 6.07) is 19.4. The third kappa shape index (κ3) is 4.07. The van der Waals surface area contributed by atoms with Gasteiger partial charge in [0.1, 0.15) is 22.7 Å². The van der Waals surface area contributed by atoms with Crippen molar-refractivity contribution >= 4 is 33.5 Å². The molecule has 160 valence electrons. The van der Waals surface area contributed by atoms with Gasteiger partial charge in [-0.15, -0.1) is 0 Å². The zero-order valence-electron chi connectivity index (χ0n) is 18.1. The molecule has 0 aliphatic rings. The number of likely N-dealkylation sites (N-methyl/N-ethyl adjacent to an activating group) is 1. The Labute approximate surface area is 181 Å². The van der Waals surface area contributed by atoms with E-state index in [-0.39, 0.29) is 18.5 Å². The lowest BCUT2D eigenvalue weighted by Gasteiger charge is -2.26. The summed E-state index contributed by atoms with van der Waals surface area (Å²) in [5.74, 6) is 1.25. The summed E-state index contributed by atoms with van der Waals surface area (Å²) in [5.41, 5.74) is 3.11. The summed E-state index contributed by atoms with van der Waals surface area (Å²) >= 11 is 0. The third-order valence-corrected chi connectivity index (χ3v) is 5.62. The Kier molecular flexibility index (Phi) is 5.82. The summed E-state index contributed by atoms with van der Waals surface area (Å²) in [5, 5.41) is 4.93. The predicted octanol–water partition coefficient (Wildman–Crippen LogP) is 5.23. The Balaban J connectivity index is 1.54. The number of hydrogen-bond donors (Lipinski definition) is 1. The lowest BCUT2D eigenvalue weighted by Crippen LogP contribution is -2.32. The van der Waals surface area contributed by atoms with E-state index in [1.165, 1.54) is 0 Å². The van der Waals surface area contributed by atoms with Gasteiger partial charge in [-0.3, -0.25) is 9.69 Å². The summed E-state index contributed by atoms with van der Waals surface area (Å²) in [6.45, 7) is 2.26. The second-order valence-corrected chi connectivity index (χ2v) is 7.53. The molecule has 1 heterocycles. The number of anilines is 1. The third-order valence-electron chi connectivity index (χ3n) is 5.62. The maximum absolute atomic E-state index is 12.8. The van der Waals surface area contributed by atoms with Crippen LogP contribution < -0.4 is 14.8 Å². The molecule has 0 saturated heterocycles. The highest BCUT2D eigenvalue weighted by atomic mass is 16.5. The molecule has 1 atom stereocenters. The minimum atomic E-state index is -0.141. The van der Waals surface area contributed by atoms with Crippen molar-refractivity contribution in [2.24, 2.45) is 0 Å². The standard InChI is InChI=1S/C25H26N2O4/c1-16(17-9-5-7-11-21(17)29-3)27(2)15-25(28)26-20-14-23-19(13-24(20)30-4)18-10-6-8-12-22(18)31-23/h5-14,16H,15H2,1-4H3,(H,26,28). The van der Waals surface area contributed by atoms with Crippen molar-refractivity contribution < 1.29 is 18.7 Å². The van der Waals surface area contributed by atoms with Gasteiger partial charge in [0, 0.05) is 28.4 Å². The van der Waals surface area contributed by atoms with E-state index in [4.69, 9.17) is 13.9 Å². The van der Waals surface area contributed by atoms with Crippen LogP contribution in [0.1, 0.15) is 18.5 Å². The van der Waals surface area contributed by atoms with Crippen molar-refractivity contribution in [1.29, 1.82) is 0 Å². The van der Waals surface area contributed by atoms with Gasteiger partial charge in [-0.05, 0) is 32.2 Å². The molecule has 1 aromatic heterocycles. The Morgan fingerprint density at radius 3 is 2.45 bits per heavy atom. The summed E-state index contributed by atoms with van der Waals surface area (Å²) in [4.78, 5) is 14.8. The average molecular weight is 418 g/mol. The minimum absolute atomic E-state index is 0.00153. The highest BCUT2D eigenvalue weighted by Crippen LogP contribution is 2.36. The number of methoxy groups -OCH3 is 2. The molecule has 4 rings (SSSR count). The van der Waals surface area contributed by atoms with Gasteiger partial charge in [-0.2, -0.15) is 0 Å². The molecule has 0 aliphatic heterocycles. The van der Waals surface area contributed by atoms with Gasteiger partial charge < -0.3 is 19.2 Å². The van der Waals surface area contributed by atoms with Gasteiger partial charge in [0.15, 0.2) is 0 Å². The first kappa shape index (κ1) is 20.8. The van der Waals surface area contributed by atoms with Crippen LogP contribution in [0.3, 0.4) is 0 Å². The van der Waals surface area contributed by atoms with Crippen LogP contribution in [0.5, 0.6) is 11.5 Å². The van der Waals surface area contributed by atoms with Crippen LogP contribution >= 0.6 is 0 Å². The number of benzene rings is 3. The van der Waals surface area contributed by atoms with Crippen molar-refractivity contribution in [1.82, 2.24) is 4.90 Å². The maximum Gasteiger partial charge on any atom is 0.238 e. The van der Waals surface area contributed by atoms with Crippen LogP contribution in [0.15, 0.2) is 65.1 Å². The molecule has 31 heavy (non-hydrogen) atoms. The zero-order chi connectivity index (χ0) is 22.0. The molecule has 0 radical (unpaired) electrons. The van der Waals surface area contributed by atoms with Crippen LogP contribution in [0.2, 0.25) is 0 Å². The molecule has 0 spiro atoms. The average Bonchev–Trinajstić information content (AvgIpc) is 3.15. The van der Waals surface area contributed by atoms with E-state index in [0.717, 1.165) is 27.7 Å². The molecule has 4 aromatic rings. The number of rotatable bonds is 7. The summed E-state index contributed by atoms with van der Waals surface area (Å²) < 4.78 is 16.9. The number of nitrogens with one attached hydrogen (secondary N) is 1. The predicted molar refractivity (Wildman–Crippen MR) is 123 cm³/mol. The van der Waals surface area contributed by atoms with Crippen molar-refractivity contribution in [3.05, 3.63) is 66.2 Å². The molecule has 0 saturated carbocycles. The molecule has 0 bridgehead atoms.